The lowest BCUT2D eigenvalue weighted by molar-refractivity contribution is -0.127. The number of hydrogen-bond donors (Lipinski definition) is 2. The SMILES string of the molecule is CN(C)C(=O)Cc1ccc(NC(=O)c2cccc3c2CCCN3)cc1. The molecule has 0 aliphatic carbocycles. The van der Waals surface area contributed by atoms with Crippen LogP contribution in [0.3, 0.4) is 0 Å². The van der Waals surface area contributed by atoms with E-state index in [4.69, 9.17) is 0 Å². The molecule has 0 spiro atoms. The van der Waals surface area contributed by atoms with E-state index in [2.05, 4.69) is 10.6 Å². The molecule has 0 aromatic heterocycles. The van der Waals surface area contributed by atoms with E-state index in [9.17, 15) is 9.59 Å². The van der Waals surface area contributed by atoms with Crippen molar-refractivity contribution in [2.75, 3.05) is 31.3 Å². The lowest BCUT2D eigenvalue weighted by Crippen LogP contribution is -2.23. The molecule has 0 atom stereocenters. The van der Waals surface area contributed by atoms with Crippen LogP contribution >= 0.6 is 0 Å². The van der Waals surface area contributed by atoms with Gasteiger partial charge in [0, 0.05) is 37.6 Å². The van der Waals surface area contributed by atoms with Crippen LogP contribution in [0.15, 0.2) is 42.5 Å². The summed E-state index contributed by atoms with van der Waals surface area (Å²) in [5.74, 6) is -0.0436. The first-order valence-electron chi connectivity index (χ1n) is 8.51. The van der Waals surface area contributed by atoms with Crippen molar-refractivity contribution in [2.24, 2.45) is 0 Å². The van der Waals surface area contributed by atoms with E-state index < -0.39 is 0 Å². The fourth-order valence-electron chi connectivity index (χ4n) is 2.96. The monoisotopic (exact) mass is 337 g/mol. The van der Waals surface area contributed by atoms with Gasteiger partial charge in [0.15, 0.2) is 0 Å². The van der Waals surface area contributed by atoms with Crippen LogP contribution in [0.5, 0.6) is 0 Å². The van der Waals surface area contributed by atoms with E-state index in [1.54, 1.807) is 19.0 Å². The summed E-state index contributed by atoms with van der Waals surface area (Å²) in [7, 11) is 3.48. The molecule has 2 N–H and O–H groups in total. The van der Waals surface area contributed by atoms with Crippen molar-refractivity contribution in [3.05, 3.63) is 59.2 Å². The predicted octanol–water partition coefficient (Wildman–Crippen LogP) is 2.93. The van der Waals surface area contributed by atoms with Gasteiger partial charge < -0.3 is 15.5 Å². The van der Waals surface area contributed by atoms with Gasteiger partial charge in [-0.3, -0.25) is 9.59 Å². The van der Waals surface area contributed by atoms with Crippen LogP contribution in [-0.4, -0.2) is 37.4 Å². The first-order chi connectivity index (χ1) is 12.0. The number of hydrogen-bond acceptors (Lipinski definition) is 3. The number of carbonyl (C=O) groups excluding carboxylic acids is 2. The van der Waals surface area contributed by atoms with Crippen LogP contribution in [-0.2, 0) is 17.6 Å². The third kappa shape index (κ3) is 3.99. The number of amides is 2. The van der Waals surface area contributed by atoms with Crippen LogP contribution in [0.2, 0.25) is 0 Å². The third-order valence-corrected chi connectivity index (χ3v) is 4.41. The Kier molecular flexibility index (Phi) is 5.03. The van der Waals surface area contributed by atoms with Gasteiger partial charge in [0.2, 0.25) is 5.91 Å². The topological polar surface area (TPSA) is 61.4 Å². The number of nitrogens with one attached hydrogen (secondary N) is 2. The minimum absolute atomic E-state index is 0.0557. The van der Waals surface area contributed by atoms with Crippen molar-refractivity contribution in [1.82, 2.24) is 4.90 Å². The highest BCUT2D eigenvalue weighted by molar-refractivity contribution is 6.06. The van der Waals surface area contributed by atoms with Crippen LogP contribution < -0.4 is 10.6 Å². The Morgan fingerprint density at radius 1 is 1.12 bits per heavy atom. The normalized spacial score (nSPS) is 12.7. The molecular formula is C20H23N3O2. The fourth-order valence-corrected chi connectivity index (χ4v) is 2.96. The summed E-state index contributed by atoms with van der Waals surface area (Å²) in [6.07, 6.45) is 2.31. The summed E-state index contributed by atoms with van der Waals surface area (Å²) in [6.45, 7) is 0.950. The number of benzene rings is 2. The Balaban J connectivity index is 1.70. The molecule has 5 heteroatoms. The first kappa shape index (κ1) is 17.0. The van der Waals surface area contributed by atoms with Gasteiger partial charge in [-0.05, 0) is 48.2 Å². The molecular weight excluding hydrogens is 314 g/mol. The molecule has 0 unspecified atom stereocenters. The minimum Gasteiger partial charge on any atom is -0.385 e. The predicted molar refractivity (Wildman–Crippen MR) is 100 cm³/mol. The highest BCUT2D eigenvalue weighted by atomic mass is 16.2. The van der Waals surface area contributed by atoms with Gasteiger partial charge in [0.25, 0.3) is 5.91 Å². The van der Waals surface area contributed by atoms with Gasteiger partial charge in [-0.2, -0.15) is 0 Å². The molecule has 0 saturated heterocycles. The highest BCUT2D eigenvalue weighted by Crippen LogP contribution is 2.26. The van der Waals surface area contributed by atoms with Gasteiger partial charge in [-0.15, -0.1) is 0 Å². The number of carbonyl (C=O) groups is 2. The Morgan fingerprint density at radius 2 is 1.88 bits per heavy atom. The second kappa shape index (κ2) is 7.38. The molecule has 2 aromatic rings. The van der Waals surface area contributed by atoms with Crippen LogP contribution in [0.25, 0.3) is 0 Å². The second-order valence-electron chi connectivity index (χ2n) is 6.48. The Labute approximate surface area is 148 Å². The summed E-state index contributed by atoms with van der Waals surface area (Å²) in [5, 5.41) is 6.29. The van der Waals surface area contributed by atoms with Gasteiger partial charge in [-0.1, -0.05) is 18.2 Å². The smallest absolute Gasteiger partial charge is 0.256 e. The largest absolute Gasteiger partial charge is 0.385 e. The highest BCUT2D eigenvalue weighted by Gasteiger charge is 2.17. The van der Waals surface area contributed by atoms with Crippen LogP contribution in [0, 0.1) is 0 Å². The molecule has 1 aliphatic heterocycles. The quantitative estimate of drug-likeness (QED) is 0.902. The average molecular weight is 337 g/mol. The number of anilines is 2. The standard InChI is InChI=1S/C20H23N3O2/c1-23(2)19(24)13-14-8-10-15(11-9-14)22-20(25)17-5-3-7-18-16(17)6-4-12-21-18/h3,5,7-11,21H,4,6,12-13H2,1-2H3,(H,22,25). The maximum Gasteiger partial charge on any atom is 0.256 e. The Hall–Kier alpha value is -2.82. The van der Waals surface area contributed by atoms with E-state index in [1.807, 2.05) is 42.5 Å². The van der Waals surface area contributed by atoms with Crippen molar-refractivity contribution < 1.29 is 9.59 Å². The average Bonchev–Trinajstić information content (AvgIpc) is 2.62. The zero-order valence-corrected chi connectivity index (χ0v) is 14.6. The molecule has 0 fully saturated rings. The number of fused-ring (bicyclic) bond motifs is 1. The molecule has 0 radical (unpaired) electrons. The zero-order valence-electron chi connectivity index (χ0n) is 14.6. The summed E-state index contributed by atoms with van der Waals surface area (Å²) in [5.41, 5.74) is 4.51. The number of likely N-dealkylation sites (N-methyl/N-ethyl adjacent to an activating group) is 1. The van der Waals surface area contributed by atoms with Crippen LogP contribution in [0.4, 0.5) is 11.4 Å². The minimum atomic E-state index is -0.0994. The maximum absolute atomic E-state index is 12.6. The van der Waals surface area contributed by atoms with E-state index in [-0.39, 0.29) is 11.8 Å². The summed E-state index contributed by atoms with van der Waals surface area (Å²) < 4.78 is 0. The summed E-state index contributed by atoms with van der Waals surface area (Å²) in [6, 6.07) is 13.2. The molecule has 3 rings (SSSR count). The van der Waals surface area contributed by atoms with Crippen LogP contribution in [0.1, 0.15) is 27.9 Å². The molecule has 0 saturated carbocycles. The Bertz CT molecular complexity index is 782. The van der Waals surface area contributed by atoms with E-state index in [1.165, 1.54) is 0 Å². The van der Waals surface area contributed by atoms with Gasteiger partial charge >= 0.3 is 0 Å². The molecule has 130 valence electrons. The van der Waals surface area contributed by atoms with Gasteiger partial charge in [-0.25, -0.2) is 0 Å². The first-order valence-corrected chi connectivity index (χ1v) is 8.51. The molecule has 25 heavy (non-hydrogen) atoms. The zero-order chi connectivity index (χ0) is 17.8. The molecule has 1 heterocycles. The van der Waals surface area contributed by atoms with Gasteiger partial charge in [0.1, 0.15) is 0 Å². The van der Waals surface area contributed by atoms with Crippen molar-refractivity contribution in [2.45, 2.75) is 19.3 Å². The van der Waals surface area contributed by atoms with Crippen molar-refractivity contribution >= 4 is 23.2 Å². The van der Waals surface area contributed by atoms with E-state index in [0.29, 0.717) is 6.42 Å². The van der Waals surface area contributed by atoms with E-state index in [0.717, 1.165) is 47.5 Å². The molecule has 2 aromatic carbocycles. The second-order valence-corrected chi connectivity index (χ2v) is 6.48. The number of rotatable bonds is 4. The Morgan fingerprint density at radius 3 is 2.60 bits per heavy atom. The lowest BCUT2D eigenvalue weighted by atomic mass is 9.97. The summed E-state index contributed by atoms with van der Waals surface area (Å²) in [4.78, 5) is 26.0. The third-order valence-electron chi connectivity index (χ3n) is 4.41. The van der Waals surface area contributed by atoms with Gasteiger partial charge in [0.05, 0.1) is 6.42 Å². The lowest BCUT2D eigenvalue weighted by Gasteiger charge is -2.20. The van der Waals surface area contributed by atoms with Crippen molar-refractivity contribution in [3.63, 3.8) is 0 Å². The molecule has 2 amide bonds. The summed E-state index contributed by atoms with van der Waals surface area (Å²) >= 11 is 0. The van der Waals surface area contributed by atoms with Crippen molar-refractivity contribution in [1.29, 1.82) is 0 Å². The molecule has 0 bridgehead atoms. The van der Waals surface area contributed by atoms with Crippen molar-refractivity contribution in [3.8, 4) is 0 Å². The van der Waals surface area contributed by atoms with E-state index >= 15 is 0 Å². The fraction of sp³-hybridized carbons (Fsp3) is 0.300. The molecule has 1 aliphatic rings. The molecule has 5 nitrogen and oxygen atoms in total. The number of nitrogens with zero attached hydrogens (tertiary/aromatic N) is 1. The maximum atomic E-state index is 12.6.